The molecular formula is C17H25N3. The lowest BCUT2D eigenvalue weighted by Crippen LogP contribution is -2.20. The van der Waals surface area contributed by atoms with Gasteiger partial charge in [0.05, 0.1) is 0 Å². The van der Waals surface area contributed by atoms with Crippen LogP contribution in [0.5, 0.6) is 0 Å². The van der Waals surface area contributed by atoms with Crippen molar-refractivity contribution in [3.63, 3.8) is 0 Å². The largest absolute Gasteiger partial charge is 0.359 e. The fourth-order valence-electron chi connectivity index (χ4n) is 2.33. The zero-order chi connectivity index (χ0) is 14.5. The van der Waals surface area contributed by atoms with Gasteiger partial charge in [0.15, 0.2) is 0 Å². The maximum absolute atomic E-state index is 4.66. The predicted octanol–water partition coefficient (Wildman–Crippen LogP) is 3.44. The molecule has 0 spiro atoms. The zero-order valence-electron chi connectivity index (χ0n) is 13.0. The third kappa shape index (κ3) is 3.28. The van der Waals surface area contributed by atoms with Crippen LogP contribution in [0.4, 0.5) is 5.82 Å². The van der Waals surface area contributed by atoms with Crippen LogP contribution < -0.4 is 10.2 Å². The molecule has 0 atom stereocenters. The molecule has 1 aromatic heterocycles. The van der Waals surface area contributed by atoms with E-state index in [1.807, 2.05) is 6.20 Å². The Bertz CT molecular complexity index is 563. The minimum Gasteiger partial charge on any atom is -0.359 e. The summed E-state index contributed by atoms with van der Waals surface area (Å²) in [6.07, 6.45) is 2.01. The van der Waals surface area contributed by atoms with Crippen molar-refractivity contribution in [3.05, 3.63) is 36.0 Å². The smallest absolute Gasteiger partial charge is 0.136 e. The Balaban J connectivity index is 2.33. The van der Waals surface area contributed by atoms with Gasteiger partial charge in [-0.15, -0.1) is 0 Å². The summed E-state index contributed by atoms with van der Waals surface area (Å²) in [5.74, 6) is 1.73. The quantitative estimate of drug-likeness (QED) is 0.872. The van der Waals surface area contributed by atoms with E-state index >= 15 is 0 Å². The number of hydrogen-bond donors (Lipinski definition) is 1. The topological polar surface area (TPSA) is 28.2 Å². The van der Waals surface area contributed by atoms with Gasteiger partial charge in [0.1, 0.15) is 5.82 Å². The average Bonchev–Trinajstić information content (AvgIpc) is 2.46. The highest BCUT2D eigenvalue weighted by Crippen LogP contribution is 2.26. The number of nitrogens with one attached hydrogen (secondary N) is 1. The summed E-state index contributed by atoms with van der Waals surface area (Å²) in [7, 11) is 2.09. The Morgan fingerprint density at radius 2 is 1.90 bits per heavy atom. The lowest BCUT2D eigenvalue weighted by Gasteiger charge is -2.19. The molecule has 0 aliphatic rings. The molecule has 0 saturated heterocycles. The fraction of sp³-hybridized carbons (Fsp3) is 0.471. The van der Waals surface area contributed by atoms with Gasteiger partial charge in [-0.25, -0.2) is 4.98 Å². The average molecular weight is 271 g/mol. The van der Waals surface area contributed by atoms with Gasteiger partial charge in [0.2, 0.25) is 0 Å². The molecule has 2 aromatic rings. The minimum absolute atomic E-state index is 0.666. The van der Waals surface area contributed by atoms with Crippen LogP contribution in [0.25, 0.3) is 10.8 Å². The van der Waals surface area contributed by atoms with Crippen molar-refractivity contribution in [1.29, 1.82) is 0 Å². The van der Waals surface area contributed by atoms with E-state index in [1.165, 1.54) is 16.3 Å². The van der Waals surface area contributed by atoms with Gasteiger partial charge in [0, 0.05) is 31.7 Å². The molecule has 2 rings (SSSR count). The van der Waals surface area contributed by atoms with Crippen LogP contribution in [0, 0.1) is 5.92 Å². The van der Waals surface area contributed by atoms with Crippen molar-refractivity contribution in [3.8, 4) is 0 Å². The first-order valence-electron chi connectivity index (χ1n) is 7.42. The van der Waals surface area contributed by atoms with Gasteiger partial charge in [0.25, 0.3) is 0 Å². The summed E-state index contributed by atoms with van der Waals surface area (Å²) in [4.78, 5) is 6.85. The molecule has 3 heteroatoms. The molecule has 1 heterocycles. The molecule has 0 radical (unpaired) electrons. The summed E-state index contributed by atoms with van der Waals surface area (Å²) >= 11 is 0. The number of benzene rings is 1. The lowest BCUT2D eigenvalue weighted by molar-refractivity contribution is 0.553. The number of aromatic nitrogens is 1. The third-order valence-electron chi connectivity index (χ3n) is 3.56. The Morgan fingerprint density at radius 3 is 2.55 bits per heavy atom. The summed E-state index contributed by atoms with van der Waals surface area (Å²) in [6.45, 7) is 9.47. The molecule has 0 fully saturated rings. The normalized spacial score (nSPS) is 11.2. The number of anilines is 1. The van der Waals surface area contributed by atoms with Gasteiger partial charge in [-0.05, 0) is 30.3 Å². The van der Waals surface area contributed by atoms with Crippen LogP contribution in [0.15, 0.2) is 30.5 Å². The zero-order valence-corrected chi connectivity index (χ0v) is 13.0. The van der Waals surface area contributed by atoms with Crippen molar-refractivity contribution in [1.82, 2.24) is 10.3 Å². The first-order chi connectivity index (χ1) is 9.63. The molecule has 1 aromatic carbocycles. The molecule has 0 aliphatic carbocycles. The molecule has 20 heavy (non-hydrogen) atoms. The van der Waals surface area contributed by atoms with Crippen LogP contribution in [-0.2, 0) is 6.54 Å². The van der Waals surface area contributed by atoms with Gasteiger partial charge < -0.3 is 10.2 Å². The van der Waals surface area contributed by atoms with Crippen LogP contribution in [0.1, 0.15) is 26.3 Å². The van der Waals surface area contributed by atoms with Gasteiger partial charge in [-0.3, -0.25) is 0 Å². The highest BCUT2D eigenvalue weighted by Gasteiger charge is 2.09. The van der Waals surface area contributed by atoms with Crippen LogP contribution >= 0.6 is 0 Å². The second-order valence-corrected chi connectivity index (χ2v) is 5.69. The van der Waals surface area contributed by atoms with Crippen molar-refractivity contribution in [2.45, 2.75) is 27.3 Å². The summed E-state index contributed by atoms with van der Waals surface area (Å²) in [5, 5.41) is 6.04. The highest BCUT2D eigenvalue weighted by atomic mass is 15.2. The molecule has 0 unspecified atom stereocenters. The standard InChI is InChI=1S/C17H25N3/c1-5-20(4)17-16-9-7-6-8-15(16)14(12-19-17)11-18-10-13(2)3/h6-9,12-13,18H,5,10-11H2,1-4H3. The monoisotopic (exact) mass is 271 g/mol. The number of hydrogen-bond acceptors (Lipinski definition) is 3. The Kier molecular flexibility index (Phi) is 4.96. The number of fused-ring (bicyclic) bond motifs is 1. The maximum atomic E-state index is 4.66. The first kappa shape index (κ1) is 14.8. The molecule has 1 N–H and O–H groups in total. The fourth-order valence-corrected chi connectivity index (χ4v) is 2.33. The highest BCUT2D eigenvalue weighted by molar-refractivity contribution is 5.94. The predicted molar refractivity (Wildman–Crippen MR) is 87.2 cm³/mol. The number of rotatable bonds is 6. The van der Waals surface area contributed by atoms with Crippen molar-refractivity contribution < 1.29 is 0 Å². The molecule has 0 amide bonds. The lowest BCUT2D eigenvalue weighted by atomic mass is 10.1. The molecule has 3 nitrogen and oxygen atoms in total. The molecule has 0 aliphatic heterocycles. The maximum Gasteiger partial charge on any atom is 0.136 e. The molecular weight excluding hydrogens is 246 g/mol. The van der Waals surface area contributed by atoms with Crippen LogP contribution in [-0.4, -0.2) is 25.1 Å². The van der Waals surface area contributed by atoms with Gasteiger partial charge in [-0.2, -0.15) is 0 Å². The Morgan fingerprint density at radius 1 is 1.20 bits per heavy atom. The van der Waals surface area contributed by atoms with Crippen molar-refractivity contribution >= 4 is 16.6 Å². The van der Waals surface area contributed by atoms with E-state index in [2.05, 4.69) is 67.3 Å². The van der Waals surface area contributed by atoms with Crippen LogP contribution in [0.3, 0.4) is 0 Å². The van der Waals surface area contributed by atoms with E-state index in [-0.39, 0.29) is 0 Å². The van der Waals surface area contributed by atoms with Crippen LogP contribution in [0.2, 0.25) is 0 Å². The minimum atomic E-state index is 0.666. The summed E-state index contributed by atoms with van der Waals surface area (Å²) in [5.41, 5.74) is 1.27. The molecule has 0 bridgehead atoms. The van der Waals surface area contributed by atoms with Crippen molar-refractivity contribution in [2.24, 2.45) is 5.92 Å². The van der Waals surface area contributed by atoms with E-state index < -0.39 is 0 Å². The second kappa shape index (κ2) is 6.71. The Hall–Kier alpha value is -1.61. The SMILES string of the molecule is CCN(C)c1ncc(CNCC(C)C)c2ccccc12. The first-order valence-corrected chi connectivity index (χ1v) is 7.42. The van der Waals surface area contributed by atoms with Gasteiger partial charge in [-0.1, -0.05) is 38.1 Å². The second-order valence-electron chi connectivity index (χ2n) is 5.69. The number of nitrogens with zero attached hydrogens (tertiary/aromatic N) is 2. The van der Waals surface area contributed by atoms with E-state index in [4.69, 9.17) is 0 Å². The van der Waals surface area contributed by atoms with E-state index in [1.54, 1.807) is 0 Å². The van der Waals surface area contributed by atoms with E-state index in [0.717, 1.165) is 25.5 Å². The van der Waals surface area contributed by atoms with Crippen molar-refractivity contribution in [2.75, 3.05) is 25.0 Å². The van der Waals surface area contributed by atoms with E-state index in [9.17, 15) is 0 Å². The van der Waals surface area contributed by atoms with Gasteiger partial charge >= 0.3 is 0 Å². The van der Waals surface area contributed by atoms with E-state index in [0.29, 0.717) is 5.92 Å². The molecule has 0 saturated carbocycles. The number of pyridine rings is 1. The molecule has 108 valence electrons. The Labute approximate surface area is 122 Å². The summed E-state index contributed by atoms with van der Waals surface area (Å²) in [6, 6.07) is 8.54. The summed E-state index contributed by atoms with van der Waals surface area (Å²) < 4.78 is 0. The third-order valence-corrected chi connectivity index (χ3v) is 3.56.